The molecule has 0 spiro atoms. The van der Waals surface area contributed by atoms with Crippen molar-refractivity contribution >= 4 is 5.97 Å². The van der Waals surface area contributed by atoms with Crippen molar-refractivity contribution in [3.8, 4) is 0 Å². The second-order valence-electron chi connectivity index (χ2n) is 2.99. The number of aliphatic hydroxyl groups excluding tert-OH is 6. The summed E-state index contributed by atoms with van der Waals surface area (Å²) in [4.78, 5) is 10.1. The van der Waals surface area contributed by atoms with Crippen LogP contribution in [0.2, 0.25) is 0 Å². The number of rotatable bonds is 6. The van der Waals surface area contributed by atoms with Gasteiger partial charge in [-0.05, 0) is 0 Å². The van der Waals surface area contributed by atoms with Gasteiger partial charge in [0, 0.05) is 0 Å². The average Bonchev–Trinajstić information content (AvgIpc) is 2.36. The molecular formula is C7H13O9Tc-. The van der Waals surface area contributed by atoms with Crippen LogP contribution in [0.4, 0.5) is 0 Å². The number of aliphatic hydroxyl groups is 6. The van der Waals surface area contributed by atoms with Crippen LogP contribution >= 0.6 is 0 Å². The van der Waals surface area contributed by atoms with Gasteiger partial charge < -0.3 is 40.5 Å². The second kappa shape index (κ2) is 9.68. The number of carbonyl (C=O) groups excluding carboxylic acids is 1. The van der Waals surface area contributed by atoms with Crippen molar-refractivity contribution in [1.29, 1.82) is 0 Å². The van der Waals surface area contributed by atoms with E-state index in [1.807, 2.05) is 0 Å². The topological polar surface area (TPSA) is 179 Å². The molecule has 10 heteroatoms. The summed E-state index contributed by atoms with van der Waals surface area (Å²) in [5.74, 6) is -2.03. The molecule has 0 saturated carbocycles. The van der Waals surface area contributed by atoms with Gasteiger partial charge in [-0.2, -0.15) is 0 Å². The Bertz CT molecular complexity index is 225. The van der Waals surface area contributed by atoms with Crippen LogP contribution in [0.25, 0.3) is 0 Å². The number of carbonyl (C=O) groups is 1. The van der Waals surface area contributed by atoms with Crippen LogP contribution in [0.3, 0.4) is 0 Å². The molecular weight excluding hydrogens is 327 g/mol. The Kier molecular flexibility index (Phi) is 10.8. The van der Waals surface area contributed by atoms with E-state index in [1.54, 1.807) is 0 Å². The Labute approximate surface area is 106 Å². The monoisotopic (exact) mass is 340 g/mol. The first-order valence-corrected chi connectivity index (χ1v) is 4.96. The van der Waals surface area contributed by atoms with Crippen molar-refractivity contribution in [3.63, 3.8) is 0 Å². The van der Waals surface area contributed by atoms with Crippen molar-refractivity contribution in [2.45, 2.75) is 30.5 Å². The van der Waals surface area contributed by atoms with Crippen molar-refractivity contribution in [3.05, 3.63) is 0 Å². The summed E-state index contributed by atoms with van der Waals surface area (Å²) in [6, 6.07) is 0. The maximum atomic E-state index is 10.1. The zero-order valence-electron chi connectivity index (χ0n) is 8.38. The molecule has 103 valence electrons. The molecule has 0 aromatic rings. The summed E-state index contributed by atoms with van der Waals surface area (Å²) in [7, 11) is 0. The normalized spacial score (nSPS) is 19.2. The molecule has 0 aliphatic rings. The molecule has 0 aliphatic carbocycles. The third-order valence-corrected chi connectivity index (χ3v) is 1.85. The molecule has 6 N–H and O–H groups in total. The van der Waals surface area contributed by atoms with Gasteiger partial charge in [0.25, 0.3) is 0 Å². The molecule has 0 amide bonds. The molecule has 0 aromatic heterocycles. The van der Waals surface area contributed by atoms with Crippen molar-refractivity contribution in [2.24, 2.45) is 0 Å². The summed E-state index contributed by atoms with van der Waals surface area (Å²) < 4.78 is 8.22. The van der Waals surface area contributed by atoms with Gasteiger partial charge in [0.05, 0.1) is 12.6 Å². The third kappa shape index (κ3) is 6.24. The second-order valence-corrected chi connectivity index (χ2v) is 2.99. The molecule has 0 unspecified atom stereocenters. The molecule has 0 bridgehead atoms. The predicted octanol–water partition coefficient (Wildman–Crippen LogP) is -5.59. The third-order valence-electron chi connectivity index (χ3n) is 1.85. The first kappa shape index (κ1) is 19.0. The van der Waals surface area contributed by atoms with E-state index in [2.05, 4.69) is 0 Å². The standard InChI is InChI=1S/C7H14O8.O.Tc/c8-1-2(9)3(10)4(11)5(12)6(13)7(14)15;;/h2-6,8-13H,1H2,(H,14,15);;/p-1/t2-,3+,4-,5-,6-;;/m1../s1/i;;1+1. The molecule has 0 aliphatic heterocycles. The van der Waals surface area contributed by atoms with E-state index < -0.39 is 43.1 Å². The number of aliphatic carboxylic acids is 1. The zero-order valence-corrected chi connectivity index (χ0v) is 10.2. The number of hydrogen-bond acceptors (Lipinski definition) is 9. The molecule has 17 heavy (non-hydrogen) atoms. The van der Waals surface area contributed by atoms with Crippen molar-refractivity contribution in [2.75, 3.05) is 6.61 Å². The Balaban J connectivity index is 0. The van der Waals surface area contributed by atoms with E-state index in [-0.39, 0.29) is 0 Å². The van der Waals surface area contributed by atoms with Gasteiger partial charge in [0.15, 0.2) is 0 Å². The Morgan fingerprint density at radius 2 is 1.41 bits per heavy atom. The van der Waals surface area contributed by atoms with Gasteiger partial charge in [0.1, 0.15) is 30.5 Å². The van der Waals surface area contributed by atoms with Crippen LogP contribution in [0.15, 0.2) is 0 Å². The zero-order chi connectivity index (χ0) is 14.2. The van der Waals surface area contributed by atoms with E-state index in [0.717, 1.165) is 18.9 Å². The van der Waals surface area contributed by atoms with E-state index in [1.165, 1.54) is 0 Å². The molecule has 0 aromatic carbocycles. The summed E-state index contributed by atoms with van der Waals surface area (Å²) >= 11 is 0.900. The molecule has 0 rings (SSSR count). The number of hydrogen-bond donors (Lipinski definition) is 6. The van der Waals surface area contributed by atoms with Crippen molar-refractivity contribution in [1.82, 2.24) is 0 Å². The summed E-state index contributed by atoms with van der Waals surface area (Å²) in [5.41, 5.74) is 0. The summed E-state index contributed by atoms with van der Waals surface area (Å²) in [6.07, 6.45) is -10.5. The van der Waals surface area contributed by atoms with Crippen LogP contribution in [0.5, 0.6) is 0 Å². The van der Waals surface area contributed by atoms with Crippen LogP contribution in [-0.2, 0) is 27.2 Å². The van der Waals surface area contributed by atoms with Gasteiger partial charge >= 0.3 is 22.4 Å². The fourth-order valence-corrected chi connectivity index (χ4v) is 0.864. The van der Waals surface area contributed by atoms with E-state index in [4.69, 9.17) is 34.1 Å². The van der Waals surface area contributed by atoms with E-state index in [0.29, 0.717) is 0 Å². The maximum absolute atomic E-state index is 10.1. The summed E-state index contributed by atoms with van der Waals surface area (Å²) in [6.45, 7) is -0.896. The number of carboxylic acids is 1. The Hall–Kier alpha value is -0.321. The van der Waals surface area contributed by atoms with Gasteiger partial charge in [-0.1, -0.05) is 0 Å². The summed E-state index contributed by atoms with van der Waals surface area (Å²) in [5, 5.41) is 63.2. The molecule has 9 nitrogen and oxygen atoms in total. The molecule has 0 fully saturated rings. The Morgan fingerprint density at radius 1 is 1.00 bits per heavy atom. The van der Waals surface area contributed by atoms with Crippen LogP contribution in [-0.4, -0.2) is 73.7 Å². The molecule has 0 saturated heterocycles. The van der Waals surface area contributed by atoms with Gasteiger partial charge in [-0.3, -0.25) is 0 Å². The van der Waals surface area contributed by atoms with E-state index in [9.17, 15) is 9.90 Å². The minimum absolute atomic E-state index is 0.896. The quantitative estimate of drug-likeness (QED) is 0.275. The van der Waals surface area contributed by atoms with Crippen LogP contribution in [0.1, 0.15) is 0 Å². The van der Waals surface area contributed by atoms with Crippen LogP contribution < -0.4 is 5.11 Å². The fourth-order valence-electron chi connectivity index (χ4n) is 0.864. The van der Waals surface area contributed by atoms with Gasteiger partial charge in [-0.15, -0.1) is 0 Å². The molecule has 5 atom stereocenters. The van der Waals surface area contributed by atoms with Gasteiger partial charge in [-0.25, -0.2) is 0 Å². The average molecular weight is 340 g/mol. The molecule has 0 heterocycles. The fraction of sp³-hybridized carbons (Fsp3) is 0.857. The molecule has 0 radical (unpaired) electrons. The van der Waals surface area contributed by atoms with Crippen LogP contribution in [0, 0.1) is 0 Å². The Morgan fingerprint density at radius 3 is 1.71 bits per heavy atom. The SMILES string of the molecule is O=C([O-])[C@H](O)[C@H](O)[C@H](O)[C@@H](O)[C@H](O)CO.[O]=[99Tc]. The van der Waals surface area contributed by atoms with Gasteiger partial charge in [0.2, 0.25) is 0 Å². The minimum atomic E-state index is -2.40. The predicted molar refractivity (Wildman–Crippen MR) is 42.8 cm³/mol. The first-order chi connectivity index (χ1) is 7.82. The van der Waals surface area contributed by atoms with E-state index >= 15 is 0 Å². The van der Waals surface area contributed by atoms with Crippen molar-refractivity contribution < 1.29 is 62.9 Å². The number of carboxylic acid groups (broad SMARTS) is 1. The first-order valence-electron chi connectivity index (χ1n) is 4.20.